The number of aromatic amines is 1. The van der Waals surface area contributed by atoms with Gasteiger partial charge in [0.25, 0.3) is 5.91 Å². The first kappa shape index (κ1) is 18.2. The molecular formula is C21H28N4O2. The summed E-state index contributed by atoms with van der Waals surface area (Å²) in [6.07, 6.45) is 7.92. The smallest absolute Gasteiger partial charge is 0.254 e. The summed E-state index contributed by atoms with van der Waals surface area (Å²) < 4.78 is 5.44. The second-order valence-electron chi connectivity index (χ2n) is 7.44. The summed E-state index contributed by atoms with van der Waals surface area (Å²) in [4.78, 5) is 25.0. The summed E-state index contributed by atoms with van der Waals surface area (Å²) in [6.45, 7) is 5.58. The molecule has 27 heavy (non-hydrogen) atoms. The number of carbonyl (C=O) groups is 1. The van der Waals surface area contributed by atoms with Gasteiger partial charge in [-0.05, 0) is 37.8 Å². The van der Waals surface area contributed by atoms with Gasteiger partial charge in [-0.15, -0.1) is 0 Å². The highest BCUT2D eigenvalue weighted by Crippen LogP contribution is 2.24. The quantitative estimate of drug-likeness (QED) is 0.882. The van der Waals surface area contributed by atoms with Crippen LogP contribution in [0, 0.1) is 0 Å². The van der Waals surface area contributed by atoms with E-state index >= 15 is 0 Å². The zero-order chi connectivity index (χ0) is 18.5. The van der Waals surface area contributed by atoms with E-state index in [1.807, 2.05) is 24.3 Å². The van der Waals surface area contributed by atoms with Crippen LogP contribution in [-0.2, 0) is 4.74 Å². The molecule has 2 aliphatic heterocycles. The van der Waals surface area contributed by atoms with Gasteiger partial charge in [-0.25, -0.2) is 4.98 Å². The number of rotatable bonds is 5. The van der Waals surface area contributed by atoms with Gasteiger partial charge in [0.1, 0.15) is 0 Å². The van der Waals surface area contributed by atoms with E-state index in [1.165, 1.54) is 6.42 Å². The van der Waals surface area contributed by atoms with E-state index in [-0.39, 0.29) is 5.91 Å². The lowest BCUT2D eigenvalue weighted by Gasteiger charge is -2.37. The van der Waals surface area contributed by atoms with Crippen molar-refractivity contribution in [2.24, 2.45) is 0 Å². The molecule has 0 spiro atoms. The van der Waals surface area contributed by atoms with E-state index in [1.54, 1.807) is 12.5 Å². The molecule has 2 saturated heterocycles. The summed E-state index contributed by atoms with van der Waals surface area (Å²) in [6, 6.07) is 8.20. The lowest BCUT2D eigenvalue weighted by Crippen LogP contribution is -2.46. The number of aromatic nitrogens is 2. The van der Waals surface area contributed by atoms with Crippen molar-refractivity contribution >= 4 is 5.91 Å². The normalized spacial score (nSPS) is 21.3. The minimum atomic E-state index is 0.156. The molecule has 2 fully saturated rings. The Bertz CT molecular complexity index is 740. The Kier molecular flexibility index (Phi) is 5.84. The zero-order valence-corrected chi connectivity index (χ0v) is 15.8. The Balaban J connectivity index is 1.44. The molecule has 6 heteroatoms. The van der Waals surface area contributed by atoms with Crippen molar-refractivity contribution in [3.8, 4) is 11.3 Å². The minimum absolute atomic E-state index is 0.156. The molecule has 2 aliphatic rings. The van der Waals surface area contributed by atoms with Crippen molar-refractivity contribution in [2.75, 3.05) is 39.4 Å². The van der Waals surface area contributed by atoms with Crippen LogP contribution in [0.1, 0.15) is 36.0 Å². The maximum Gasteiger partial charge on any atom is 0.254 e. The van der Waals surface area contributed by atoms with Crippen molar-refractivity contribution < 1.29 is 9.53 Å². The Morgan fingerprint density at radius 1 is 1.22 bits per heavy atom. The van der Waals surface area contributed by atoms with Crippen LogP contribution in [0.15, 0.2) is 36.8 Å². The maximum absolute atomic E-state index is 13.2. The number of piperidine rings is 1. The predicted molar refractivity (Wildman–Crippen MR) is 105 cm³/mol. The largest absolute Gasteiger partial charge is 0.379 e. The first-order chi connectivity index (χ1) is 13.3. The molecule has 144 valence electrons. The molecular weight excluding hydrogens is 340 g/mol. The third-order valence-corrected chi connectivity index (χ3v) is 5.69. The molecule has 2 aromatic rings. The monoisotopic (exact) mass is 368 g/mol. The van der Waals surface area contributed by atoms with Crippen molar-refractivity contribution in [3.63, 3.8) is 0 Å². The molecule has 0 aliphatic carbocycles. The van der Waals surface area contributed by atoms with Gasteiger partial charge in [-0.3, -0.25) is 9.69 Å². The van der Waals surface area contributed by atoms with Crippen LogP contribution in [0.5, 0.6) is 0 Å². The Morgan fingerprint density at radius 2 is 2.11 bits per heavy atom. The predicted octanol–water partition coefficient (Wildman–Crippen LogP) is 2.79. The van der Waals surface area contributed by atoms with Gasteiger partial charge in [-0.2, -0.15) is 0 Å². The van der Waals surface area contributed by atoms with Gasteiger partial charge >= 0.3 is 0 Å². The first-order valence-corrected chi connectivity index (χ1v) is 10.0. The number of likely N-dealkylation sites (tertiary alicyclic amines) is 1. The molecule has 0 saturated carbocycles. The van der Waals surface area contributed by atoms with Crippen LogP contribution < -0.4 is 0 Å². The van der Waals surface area contributed by atoms with Crippen molar-refractivity contribution in [1.82, 2.24) is 19.8 Å². The number of H-pyrrole nitrogens is 1. The highest BCUT2D eigenvalue weighted by molar-refractivity contribution is 5.95. The van der Waals surface area contributed by atoms with Crippen molar-refractivity contribution in [2.45, 2.75) is 31.7 Å². The molecule has 1 N–H and O–H groups in total. The van der Waals surface area contributed by atoms with Crippen LogP contribution in [0.2, 0.25) is 0 Å². The number of benzene rings is 1. The van der Waals surface area contributed by atoms with Crippen LogP contribution in [0.3, 0.4) is 0 Å². The third-order valence-electron chi connectivity index (χ3n) is 5.69. The van der Waals surface area contributed by atoms with E-state index < -0.39 is 0 Å². The topological polar surface area (TPSA) is 61.5 Å². The van der Waals surface area contributed by atoms with Crippen LogP contribution in [0.4, 0.5) is 0 Å². The Morgan fingerprint density at radius 3 is 2.93 bits per heavy atom. The van der Waals surface area contributed by atoms with E-state index in [2.05, 4.69) is 19.8 Å². The highest BCUT2D eigenvalue weighted by Gasteiger charge is 2.28. The molecule has 0 radical (unpaired) electrons. The van der Waals surface area contributed by atoms with Gasteiger partial charge in [0.15, 0.2) is 0 Å². The lowest BCUT2D eigenvalue weighted by atomic mass is 9.97. The maximum atomic E-state index is 13.2. The second kappa shape index (κ2) is 8.67. The number of nitrogens with zero attached hydrogens (tertiary/aromatic N) is 3. The number of morpholine rings is 1. The summed E-state index contributed by atoms with van der Waals surface area (Å²) in [7, 11) is 0. The van der Waals surface area contributed by atoms with Crippen molar-refractivity contribution in [3.05, 3.63) is 42.4 Å². The Hall–Kier alpha value is -2.18. The van der Waals surface area contributed by atoms with Gasteiger partial charge in [-0.1, -0.05) is 12.1 Å². The molecule has 1 amide bonds. The molecule has 4 rings (SSSR count). The standard InChI is InChI=1S/C21H28N4O2/c26-21(18-5-3-4-17(14-18)20-15-22-16-23-20)25-8-2-1-6-19(25)7-9-24-10-12-27-13-11-24/h3-5,14-16,19H,1-2,6-13H2,(H,22,23). The van der Waals surface area contributed by atoms with E-state index in [4.69, 9.17) is 4.74 Å². The fourth-order valence-corrected chi connectivity index (χ4v) is 4.12. The molecule has 1 aromatic carbocycles. The fourth-order valence-electron chi connectivity index (χ4n) is 4.12. The summed E-state index contributed by atoms with van der Waals surface area (Å²) in [5.41, 5.74) is 2.70. The summed E-state index contributed by atoms with van der Waals surface area (Å²) in [5, 5.41) is 0. The molecule has 1 unspecified atom stereocenters. The van der Waals surface area contributed by atoms with Gasteiger partial charge in [0.2, 0.25) is 0 Å². The first-order valence-electron chi connectivity index (χ1n) is 10.0. The molecule has 0 bridgehead atoms. The average Bonchev–Trinajstić information content (AvgIpc) is 3.28. The van der Waals surface area contributed by atoms with E-state index in [9.17, 15) is 4.79 Å². The van der Waals surface area contributed by atoms with Gasteiger partial charge < -0.3 is 14.6 Å². The van der Waals surface area contributed by atoms with Crippen LogP contribution in [-0.4, -0.2) is 71.1 Å². The number of amides is 1. The molecule has 1 atom stereocenters. The minimum Gasteiger partial charge on any atom is -0.379 e. The fraction of sp³-hybridized carbons (Fsp3) is 0.524. The Labute approximate surface area is 160 Å². The second-order valence-corrected chi connectivity index (χ2v) is 7.44. The zero-order valence-electron chi connectivity index (χ0n) is 15.8. The van der Waals surface area contributed by atoms with Crippen LogP contribution in [0.25, 0.3) is 11.3 Å². The van der Waals surface area contributed by atoms with Crippen LogP contribution >= 0.6 is 0 Å². The van der Waals surface area contributed by atoms with Gasteiger partial charge in [0.05, 0.1) is 31.4 Å². The van der Waals surface area contributed by atoms with E-state index in [0.717, 1.165) is 75.5 Å². The molecule has 6 nitrogen and oxygen atoms in total. The summed E-state index contributed by atoms with van der Waals surface area (Å²) >= 11 is 0. The number of nitrogens with one attached hydrogen (secondary N) is 1. The molecule has 1 aromatic heterocycles. The highest BCUT2D eigenvalue weighted by atomic mass is 16.5. The average molecular weight is 368 g/mol. The van der Waals surface area contributed by atoms with Gasteiger partial charge in [0, 0.05) is 43.3 Å². The van der Waals surface area contributed by atoms with Crippen molar-refractivity contribution in [1.29, 1.82) is 0 Å². The summed E-state index contributed by atoms with van der Waals surface area (Å²) in [5.74, 6) is 0.156. The number of imidazole rings is 1. The lowest BCUT2D eigenvalue weighted by molar-refractivity contribution is 0.0296. The number of carbonyl (C=O) groups excluding carboxylic acids is 1. The number of hydrogen-bond donors (Lipinski definition) is 1. The number of ether oxygens (including phenoxy) is 1. The van der Waals surface area contributed by atoms with E-state index in [0.29, 0.717) is 6.04 Å². The molecule has 3 heterocycles. The number of hydrogen-bond acceptors (Lipinski definition) is 4. The SMILES string of the molecule is O=C(c1cccc(-c2cnc[nH]2)c1)N1CCCCC1CCN1CCOCC1. The third kappa shape index (κ3) is 4.39.